The number of rotatable bonds is 5. The van der Waals surface area contributed by atoms with E-state index in [0.29, 0.717) is 5.95 Å². The van der Waals surface area contributed by atoms with E-state index in [1.165, 1.54) is 0 Å². The lowest BCUT2D eigenvalue weighted by molar-refractivity contribution is 0.425. The summed E-state index contributed by atoms with van der Waals surface area (Å²) in [4.78, 5) is 15.4. The molecule has 114 valence electrons. The molecule has 0 atom stereocenters. The van der Waals surface area contributed by atoms with E-state index in [1.807, 2.05) is 38.5 Å². The maximum absolute atomic E-state index is 4.64. The Balaban J connectivity index is 2.03. The van der Waals surface area contributed by atoms with Gasteiger partial charge < -0.3 is 10.2 Å². The van der Waals surface area contributed by atoms with E-state index in [9.17, 15) is 0 Å². The second-order valence-electron chi connectivity index (χ2n) is 5.23. The highest BCUT2D eigenvalue weighted by molar-refractivity contribution is 9.10. The van der Waals surface area contributed by atoms with Crippen LogP contribution in [0.1, 0.15) is 0 Å². The second-order valence-corrected chi connectivity index (χ2v) is 6.15. The third kappa shape index (κ3) is 3.26. The Hall–Kier alpha value is -1.99. The van der Waals surface area contributed by atoms with Crippen LogP contribution in [0.5, 0.6) is 0 Å². The third-order valence-corrected chi connectivity index (χ3v) is 3.73. The van der Waals surface area contributed by atoms with Crippen LogP contribution in [0, 0.1) is 0 Å². The van der Waals surface area contributed by atoms with Crippen LogP contribution in [0.15, 0.2) is 41.4 Å². The quantitative estimate of drug-likeness (QED) is 0.757. The van der Waals surface area contributed by atoms with Gasteiger partial charge in [-0.05, 0) is 32.3 Å². The first-order valence-corrected chi connectivity index (χ1v) is 7.77. The predicted octanol–water partition coefficient (Wildman–Crippen LogP) is 2.55. The number of aromatic nitrogens is 4. The van der Waals surface area contributed by atoms with E-state index in [4.69, 9.17) is 0 Å². The Labute approximate surface area is 137 Å². The van der Waals surface area contributed by atoms with E-state index in [2.05, 4.69) is 41.1 Å². The molecule has 0 bridgehead atoms. The molecule has 0 fully saturated rings. The van der Waals surface area contributed by atoms with Gasteiger partial charge in [0.2, 0.25) is 5.95 Å². The molecule has 0 saturated carbocycles. The lowest BCUT2D eigenvalue weighted by Crippen LogP contribution is -2.21. The predicted molar refractivity (Wildman–Crippen MR) is 91.4 cm³/mol. The summed E-state index contributed by atoms with van der Waals surface area (Å²) in [6.07, 6.45) is 5.25. The molecule has 0 aliphatic carbocycles. The number of halogens is 1. The lowest BCUT2D eigenvalue weighted by Gasteiger charge is -2.13. The largest absolute Gasteiger partial charge is 0.368 e. The zero-order valence-corrected chi connectivity index (χ0v) is 14.1. The summed E-state index contributed by atoms with van der Waals surface area (Å²) in [5.74, 6) is 1.44. The highest BCUT2D eigenvalue weighted by Crippen LogP contribution is 2.25. The van der Waals surface area contributed by atoms with E-state index >= 15 is 0 Å². The minimum Gasteiger partial charge on any atom is -0.368 e. The Morgan fingerprint density at radius 3 is 2.86 bits per heavy atom. The number of nitrogens with one attached hydrogen (secondary N) is 1. The van der Waals surface area contributed by atoms with Gasteiger partial charge in [0.1, 0.15) is 12.1 Å². The van der Waals surface area contributed by atoms with Crippen LogP contribution < -0.4 is 5.32 Å². The fourth-order valence-corrected chi connectivity index (χ4v) is 2.48. The minimum atomic E-state index is 0.611. The second kappa shape index (κ2) is 6.41. The molecule has 2 aromatic heterocycles. The number of anilines is 1. The number of fused-ring (bicyclic) bond motifs is 1. The van der Waals surface area contributed by atoms with Crippen LogP contribution in [0.3, 0.4) is 0 Å². The summed E-state index contributed by atoms with van der Waals surface area (Å²) < 4.78 is 2.81. The molecule has 22 heavy (non-hydrogen) atoms. The molecule has 0 unspecified atom stereocenters. The topological polar surface area (TPSA) is 58.9 Å². The van der Waals surface area contributed by atoms with E-state index < -0.39 is 0 Å². The van der Waals surface area contributed by atoms with E-state index in [0.717, 1.165) is 34.3 Å². The van der Waals surface area contributed by atoms with Gasteiger partial charge >= 0.3 is 0 Å². The molecule has 3 aromatic rings. The Bertz CT molecular complexity index is 769. The van der Waals surface area contributed by atoms with Crippen molar-refractivity contribution in [3.63, 3.8) is 0 Å². The van der Waals surface area contributed by atoms with Gasteiger partial charge in [0.25, 0.3) is 0 Å². The molecular formula is C15H17BrN6. The molecule has 0 aliphatic rings. The fraction of sp³-hybridized carbons (Fsp3) is 0.267. The average molecular weight is 361 g/mol. The van der Waals surface area contributed by atoms with Crippen LogP contribution in [-0.4, -0.2) is 51.6 Å². The Morgan fingerprint density at radius 2 is 2.14 bits per heavy atom. The molecule has 0 saturated heterocycles. The summed E-state index contributed by atoms with van der Waals surface area (Å²) in [5.41, 5.74) is 0.897. The number of hydrogen-bond donors (Lipinski definition) is 1. The summed E-state index contributed by atoms with van der Waals surface area (Å²) >= 11 is 3.51. The van der Waals surface area contributed by atoms with Crippen molar-refractivity contribution in [1.29, 1.82) is 0 Å². The van der Waals surface area contributed by atoms with Crippen LogP contribution in [0.4, 0.5) is 5.82 Å². The summed E-state index contributed by atoms with van der Waals surface area (Å²) in [7, 11) is 4.10. The van der Waals surface area contributed by atoms with Crippen molar-refractivity contribution in [2.75, 3.05) is 32.5 Å². The molecule has 1 N–H and O–H groups in total. The van der Waals surface area contributed by atoms with Gasteiger partial charge in [0.15, 0.2) is 0 Å². The van der Waals surface area contributed by atoms with Crippen LogP contribution in [-0.2, 0) is 0 Å². The van der Waals surface area contributed by atoms with Crippen LogP contribution in [0.25, 0.3) is 16.9 Å². The molecule has 6 nitrogen and oxygen atoms in total. The van der Waals surface area contributed by atoms with Crippen LogP contribution in [0.2, 0.25) is 0 Å². The Morgan fingerprint density at radius 1 is 1.27 bits per heavy atom. The SMILES string of the molecule is CN(C)CCNc1nc(-n2ccnc2)nc2ccc(Br)cc12. The molecule has 1 aromatic carbocycles. The first-order valence-electron chi connectivity index (χ1n) is 6.98. The maximum Gasteiger partial charge on any atom is 0.237 e. The van der Waals surface area contributed by atoms with Gasteiger partial charge in [-0.1, -0.05) is 15.9 Å². The highest BCUT2D eigenvalue weighted by atomic mass is 79.9. The number of nitrogens with zero attached hydrogens (tertiary/aromatic N) is 5. The van der Waals surface area contributed by atoms with Gasteiger partial charge in [-0.15, -0.1) is 0 Å². The molecule has 0 radical (unpaired) electrons. The summed E-state index contributed by atoms with van der Waals surface area (Å²) in [6.45, 7) is 1.74. The maximum atomic E-state index is 4.64. The first kappa shape index (κ1) is 14.9. The fourth-order valence-electron chi connectivity index (χ4n) is 2.11. The Kier molecular flexibility index (Phi) is 4.35. The smallest absolute Gasteiger partial charge is 0.237 e. The molecule has 0 aliphatic heterocycles. The number of likely N-dealkylation sites (N-methyl/N-ethyl adjacent to an activating group) is 1. The monoisotopic (exact) mass is 360 g/mol. The average Bonchev–Trinajstić information content (AvgIpc) is 3.01. The normalized spacial score (nSPS) is 11.3. The van der Waals surface area contributed by atoms with Crippen molar-refractivity contribution < 1.29 is 0 Å². The molecular weight excluding hydrogens is 344 g/mol. The van der Waals surface area contributed by atoms with Crippen molar-refractivity contribution in [3.8, 4) is 5.95 Å². The minimum absolute atomic E-state index is 0.611. The highest BCUT2D eigenvalue weighted by Gasteiger charge is 2.09. The van der Waals surface area contributed by atoms with Crippen molar-refractivity contribution in [2.24, 2.45) is 0 Å². The van der Waals surface area contributed by atoms with Crippen molar-refractivity contribution in [2.45, 2.75) is 0 Å². The van der Waals surface area contributed by atoms with Gasteiger partial charge in [-0.3, -0.25) is 4.57 Å². The molecule has 0 amide bonds. The van der Waals surface area contributed by atoms with Crippen molar-refractivity contribution >= 4 is 32.7 Å². The number of benzene rings is 1. The van der Waals surface area contributed by atoms with Gasteiger partial charge in [-0.2, -0.15) is 4.98 Å². The molecule has 3 rings (SSSR count). The van der Waals surface area contributed by atoms with Crippen LogP contribution >= 0.6 is 15.9 Å². The molecule has 0 spiro atoms. The third-order valence-electron chi connectivity index (χ3n) is 3.23. The van der Waals surface area contributed by atoms with E-state index in [-0.39, 0.29) is 0 Å². The van der Waals surface area contributed by atoms with Gasteiger partial charge in [0.05, 0.1) is 5.52 Å². The first-order chi connectivity index (χ1) is 10.6. The zero-order valence-electron chi connectivity index (χ0n) is 12.5. The lowest BCUT2D eigenvalue weighted by atomic mass is 10.2. The zero-order chi connectivity index (χ0) is 15.5. The summed E-state index contributed by atoms with van der Waals surface area (Å²) in [5, 5.41) is 4.40. The molecule has 2 heterocycles. The molecule has 7 heteroatoms. The number of imidazole rings is 1. The van der Waals surface area contributed by atoms with Gasteiger partial charge in [0, 0.05) is 35.3 Å². The van der Waals surface area contributed by atoms with Crippen molar-refractivity contribution in [1.82, 2.24) is 24.4 Å². The summed E-state index contributed by atoms with van der Waals surface area (Å²) in [6, 6.07) is 6.00. The van der Waals surface area contributed by atoms with Gasteiger partial charge in [-0.25, -0.2) is 9.97 Å². The van der Waals surface area contributed by atoms with Crippen molar-refractivity contribution in [3.05, 3.63) is 41.4 Å². The van der Waals surface area contributed by atoms with E-state index in [1.54, 1.807) is 17.1 Å². The number of hydrogen-bond acceptors (Lipinski definition) is 5. The standard InChI is InChI=1S/C15H17BrN6/c1-21(2)7-6-18-14-12-9-11(16)3-4-13(12)19-15(20-14)22-8-5-17-10-22/h3-5,8-10H,6-7H2,1-2H3,(H,18,19,20).